The first kappa shape index (κ1) is 19.6. The zero-order valence-corrected chi connectivity index (χ0v) is 13.7. The first-order chi connectivity index (χ1) is 11.3. The van der Waals surface area contributed by atoms with Crippen molar-refractivity contribution in [3.05, 3.63) is 70.0 Å². The topological polar surface area (TPSA) is 86.6 Å². The molecule has 0 aliphatic carbocycles. The number of halogens is 2. The van der Waals surface area contributed by atoms with Crippen molar-refractivity contribution in [2.75, 3.05) is 0 Å². The number of hydrogen-bond acceptors (Lipinski definition) is 3. The number of aryl methyl sites for hydroxylation is 1. The third-order valence-corrected chi connectivity index (χ3v) is 3.35. The molecule has 0 aromatic heterocycles. The summed E-state index contributed by atoms with van der Waals surface area (Å²) in [5.41, 5.74) is 2.93. The van der Waals surface area contributed by atoms with Gasteiger partial charge in [0.15, 0.2) is 0 Å². The summed E-state index contributed by atoms with van der Waals surface area (Å²) >= 11 is 5.95. The van der Waals surface area contributed by atoms with E-state index in [2.05, 4.69) is 36.5 Å². The fourth-order valence-corrected chi connectivity index (χ4v) is 1.97. The second-order valence-corrected chi connectivity index (χ2v) is 5.31. The molecule has 7 heteroatoms. The van der Waals surface area contributed by atoms with Gasteiger partial charge in [0.1, 0.15) is 5.82 Å². The van der Waals surface area contributed by atoms with Crippen LogP contribution in [0.4, 0.5) is 4.39 Å². The summed E-state index contributed by atoms with van der Waals surface area (Å²) in [6.07, 6.45) is 0. The number of carboxylic acid groups (broad SMARTS) is 2. The standard InChI is InChI=1S/C15H15ClFN.C2H2O4/c1-11-5-7-12(8-6-11)9-18-10-13-14(16)3-2-4-15(13)17;3-1(4)2(5)6/h2-8,18H,9-10H2,1H3;(H,3,4)(H,5,6). The Balaban J connectivity index is 0.000000413. The fraction of sp³-hybridized carbons (Fsp3) is 0.176. The average Bonchev–Trinajstić information content (AvgIpc) is 2.52. The van der Waals surface area contributed by atoms with E-state index in [1.54, 1.807) is 12.1 Å². The lowest BCUT2D eigenvalue weighted by atomic mass is 10.1. The lowest BCUT2D eigenvalue weighted by Gasteiger charge is -2.08. The van der Waals surface area contributed by atoms with Gasteiger partial charge in [0.25, 0.3) is 0 Å². The van der Waals surface area contributed by atoms with Crippen LogP contribution >= 0.6 is 11.6 Å². The molecule has 0 saturated carbocycles. The maximum atomic E-state index is 13.5. The lowest BCUT2D eigenvalue weighted by molar-refractivity contribution is -0.159. The monoisotopic (exact) mass is 353 g/mol. The van der Waals surface area contributed by atoms with Crippen molar-refractivity contribution < 1.29 is 24.2 Å². The van der Waals surface area contributed by atoms with E-state index in [9.17, 15) is 4.39 Å². The largest absolute Gasteiger partial charge is 0.473 e. The van der Waals surface area contributed by atoms with Gasteiger partial charge in [-0.3, -0.25) is 0 Å². The lowest BCUT2D eigenvalue weighted by Crippen LogP contribution is -2.14. The van der Waals surface area contributed by atoms with E-state index in [-0.39, 0.29) is 5.82 Å². The highest BCUT2D eigenvalue weighted by atomic mass is 35.5. The molecule has 2 aromatic rings. The van der Waals surface area contributed by atoms with E-state index in [1.165, 1.54) is 17.2 Å². The van der Waals surface area contributed by atoms with Gasteiger partial charge in [-0.05, 0) is 24.6 Å². The third-order valence-electron chi connectivity index (χ3n) is 3.00. The van der Waals surface area contributed by atoms with Gasteiger partial charge in [0, 0.05) is 23.7 Å². The van der Waals surface area contributed by atoms with Crippen molar-refractivity contribution in [3.63, 3.8) is 0 Å². The van der Waals surface area contributed by atoms with Gasteiger partial charge in [-0.25, -0.2) is 14.0 Å². The third kappa shape index (κ3) is 6.76. The van der Waals surface area contributed by atoms with Crippen molar-refractivity contribution in [1.29, 1.82) is 0 Å². The van der Waals surface area contributed by atoms with Gasteiger partial charge in [-0.1, -0.05) is 47.5 Å². The van der Waals surface area contributed by atoms with Crippen molar-refractivity contribution >= 4 is 23.5 Å². The highest BCUT2D eigenvalue weighted by Crippen LogP contribution is 2.18. The number of benzene rings is 2. The highest BCUT2D eigenvalue weighted by Gasteiger charge is 2.06. The molecule has 0 bridgehead atoms. The Morgan fingerprint density at radius 3 is 2.12 bits per heavy atom. The predicted octanol–water partition coefficient (Wildman–Crippen LogP) is 3.23. The van der Waals surface area contributed by atoms with Crippen LogP contribution in [0.2, 0.25) is 5.02 Å². The molecule has 0 spiro atoms. The fourth-order valence-electron chi connectivity index (χ4n) is 1.74. The molecular formula is C17H17ClFNO4. The Bertz CT molecular complexity index is 672. The maximum absolute atomic E-state index is 13.5. The molecule has 0 fully saturated rings. The highest BCUT2D eigenvalue weighted by molar-refractivity contribution is 6.31. The van der Waals surface area contributed by atoms with Crippen LogP contribution in [0.3, 0.4) is 0 Å². The molecule has 0 atom stereocenters. The van der Waals surface area contributed by atoms with E-state index in [0.29, 0.717) is 23.7 Å². The minimum atomic E-state index is -1.82. The van der Waals surface area contributed by atoms with Crippen molar-refractivity contribution in [2.45, 2.75) is 20.0 Å². The smallest absolute Gasteiger partial charge is 0.414 e. The van der Waals surface area contributed by atoms with Gasteiger partial charge < -0.3 is 15.5 Å². The Morgan fingerprint density at radius 2 is 1.62 bits per heavy atom. The van der Waals surface area contributed by atoms with E-state index < -0.39 is 11.9 Å². The Morgan fingerprint density at radius 1 is 1.04 bits per heavy atom. The summed E-state index contributed by atoms with van der Waals surface area (Å²) in [5.74, 6) is -3.91. The first-order valence-electron chi connectivity index (χ1n) is 6.96. The van der Waals surface area contributed by atoms with Gasteiger partial charge in [-0.15, -0.1) is 0 Å². The van der Waals surface area contributed by atoms with Gasteiger partial charge in [0.2, 0.25) is 0 Å². The van der Waals surface area contributed by atoms with E-state index >= 15 is 0 Å². The van der Waals surface area contributed by atoms with Crippen molar-refractivity contribution in [3.8, 4) is 0 Å². The number of carboxylic acids is 2. The first-order valence-corrected chi connectivity index (χ1v) is 7.34. The summed E-state index contributed by atoms with van der Waals surface area (Å²) in [7, 11) is 0. The molecule has 0 unspecified atom stereocenters. The summed E-state index contributed by atoms with van der Waals surface area (Å²) in [5, 5.41) is 18.4. The molecule has 3 N–H and O–H groups in total. The normalized spacial score (nSPS) is 9.79. The van der Waals surface area contributed by atoms with Crippen LogP contribution in [-0.4, -0.2) is 22.2 Å². The van der Waals surface area contributed by atoms with E-state index in [0.717, 1.165) is 0 Å². The Labute approximate surface area is 143 Å². The number of nitrogens with one attached hydrogen (secondary N) is 1. The van der Waals surface area contributed by atoms with Crippen LogP contribution in [0.15, 0.2) is 42.5 Å². The minimum absolute atomic E-state index is 0.265. The van der Waals surface area contributed by atoms with Crippen LogP contribution < -0.4 is 5.32 Å². The second kappa shape index (κ2) is 9.64. The quantitative estimate of drug-likeness (QED) is 0.735. The molecule has 0 saturated heterocycles. The van der Waals surface area contributed by atoms with Crippen LogP contribution in [0.5, 0.6) is 0 Å². The summed E-state index contributed by atoms with van der Waals surface area (Å²) in [6, 6.07) is 13.0. The number of rotatable bonds is 4. The van der Waals surface area contributed by atoms with E-state index in [1.807, 2.05) is 0 Å². The van der Waals surface area contributed by atoms with Crippen LogP contribution in [0, 0.1) is 12.7 Å². The maximum Gasteiger partial charge on any atom is 0.414 e. The van der Waals surface area contributed by atoms with Crippen LogP contribution in [0.25, 0.3) is 0 Å². The molecule has 2 aromatic carbocycles. The predicted molar refractivity (Wildman–Crippen MR) is 88.4 cm³/mol. The molecule has 0 radical (unpaired) electrons. The van der Waals surface area contributed by atoms with Gasteiger partial charge in [-0.2, -0.15) is 0 Å². The molecule has 2 rings (SSSR count). The Hall–Kier alpha value is -2.44. The molecule has 128 valence electrons. The zero-order chi connectivity index (χ0) is 18.1. The van der Waals surface area contributed by atoms with Crippen LogP contribution in [0.1, 0.15) is 16.7 Å². The number of aliphatic carboxylic acids is 2. The average molecular weight is 354 g/mol. The second-order valence-electron chi connectivity index (χ2n) is 4.90. The van der Waals surface area contributed by atoms with Crippen molar-refractivity contribution in [1.82, 2.24) is 5.32 Å². The zero-order valence-electron chi connectivity index (χ0n) is 12.9. The molecule has 0 amide bonds. The van der Waals surface area contributed by atoms with Gasteiger partial charge >= 0.3 is 11.9 Å². The molecular weight excluding hydrogens is 337 g/mol. The van der Waals surface area contributed by atoms with Gasteiger partial charge in [0.05, 0.1) is 0 Å². The molecule has 0 aliphatic rings. The Kier molecular flexibility index (Phi) is 7.88. The number of carbonyl (C=O) groups is 2. The summed E-state index contributed by atoms with van der Waals surface area (Å²) < 4.78 is 13.5. The minimum Gasteiger partial charge on any atom is -0.473 e. The molecule has 24 heavy (non-hydrogen) atoms. The molecule has 0 aliphatic heterocycles. The summed E-state index contributed by atoms with van der Waals surface area (Å²) in [4.78, 5) is 18.2. The molecule has 0 heterocycles. The summed E-state index contributed by atoms with van der Waals surface area (Å²) in [6.45, 7) is 3.18. The number of hydrogen-bond donors (Lipinski definition) is 3. The van der Waals surface area contributed by atoms with Crippen molar-refractivity contribution in [2.24, 2.45) is 0 Å². The SMILES string of the molecule is Cc1ccc(CNCc2c(F)cccc2Cl)cc1.O=C(O)C(=O)O. The molecule has 5 nitrogen and oxygen atoms in total. The van der Waals surface area contributed by atoms with Crippen LogP contribution in [-0.2, 0) is 22.7 Å². The van der Waals surface area contributed by atoms with E-state index in [4.69, 9.17) is 31.4 Å².